The van der Waals surface area contributed by atoms with Crippen molar-refractivity contribution in [2.45, 2.75) is 25.4 Å². The number of aromatic nitrogens is 2. The fraction of sp³-hybridized carbons (Fsp3) is 0.263. The Morgan fingerprint density at radius 1 is 1.16 bits per heavy atom. The Balaban J connectivity index is 1.63. The van der Waals surface area contributed by atoms with Crippen LogP contribution in [0.5, 0.6) is 0 Å². The minimum Gasteiger partial charge on any atom is -0.309 e. The lowest BCUT2D eigenvalue weighted by Crippen LogP contribution is -2.25. The summed E-state index contributed by atoms with van der Waals surface area (Å²) in [5.41, 5.74) is 1.78. The molecule has 0 aliphatic carbocycles. The number of benzene rings is 2. The maximum atomic E-state index is 12.3. The molecule has 128 valence electrons. The van der Waals surface area contributed by atoms with Gasteiger partial charge in [0, 0.05) is 6.04 Å². The Kier molecular flexibility index (Phi) is 4.50. The second kappa shape index (κ2) is 6.79. The van der Waals surface area contributed by atoms with Gasteiger partial charge in [-0.2, -0.15) is 0 Å². The van der Waals surface area contributed by atoms with Gasteiger partial charge in [-0.15, -0.1) is 0 Å². The second-order valence-electron chi connectivity index (χ2n) is 6.33. The molecule has 1 unspecified atom stereocenters. The molecular weight excluding hydrogens is 357 g/mol. The highest BCUT2D eigenvalue weighted by atomic mass is 35.5. The van der Waals surface area contributed by atoms with Crippen LogP contribution in [0, 0.1) is 0 Å². The number of fused-ring (bicyclic) bond motifs is 1. The monoisotopic (exact) mass is 373 g/mol. The molecule has 4 rings (SSSR count). The molecule has 2 aromatic carbocycles. The molecule has 0 radical (unpaired) electrons. The van der Waals surface area contributed by atoms with Crippen molar-refractivity contribution >= 4 is 34.1 Å². The van der Waals surface area contributed by atoms with Crippen LogP contribution in [-0.2, 0) is 6.54 Å². The molecule has 1 saturated heterocycles. The van der Waals surface area contributed by atoms with Gasteiger partial charge in [-0.1, -0.05) is 41.4 Å². The molecular formula is C19H17Cl2N3O. The third-order valence-corrected chi connectivity index (χ3v) is 5.45. The Morgan fingerprint density at radius 2 is 2.00 bits per heavy atom. The summed E-state index contributed by atoms with van der Waals surface area (Å²) >= 11 is 12.2. The highest BCUT2D eigenvalue weighted by Crippen LogP contribution is 2.35. The van der Waals surface area contributed by atoms with E-state index in [4.69, 9.17) is 23.2 Å². The summed E-state index contributed by atoms with van der Waals surface area (Å²) in [5.74, 6) is 0.690. The molecule has 6 heteroatoms. The van der Waals surface area contributed by atoms with Gasteiger partial charge in [-0.25, -0.2) is 4.98 Å². The first kappa shape index (κ1) is 16.6. The lowest BCUT2D eigenvalue weighted by Gasteiger charge is -2.24. The van der Waals surface area contributed by atoms with Gasteiger partial charge in [0.25, 0.3) is 5.56 Å². The first-order chi connectivity index (χ1) is 12.1. The number of aromatic amines is 1. The van der Waals surface area contributed by atoms with Crippen molar-refractivity contribution in [1.29, 1.82) is 0 Å². The van der Waals surface area contributed by atoms with Crippen LogP contribution in [0.3, 0.4) is 0 Å². The number of likely N-dealkylation sites (tertiary alicyclic amines) is 1. The van der Waals surface area contributed by atoms with Crippen molar-refractivity contribution in [2.75, 3.05) is 6.54 Å². The summed E-state index contributed by atoms with van der Waals surface area (Å²) < 4.78 is 0. The molecule has 0 spiro atoms. The zero-order valence-electron chi connectivity index (χ0n) is 13.5. The lowest BCUT2D eigenvalue weighted by atomic mass is 10.0. The topological polar surface area (TPSA) is 49.0 Å². The Labute approximate surface area is 155 Å². The van der Waals surface area contributed by atoms with Crippen LogP contribution in [0.15, 0.2) is 47.3 Å². The molecule has 4 nitrogen and oxygen atoms in total. The van der Waals surface area contributed by atoms with Crippen molar-refractivity contribution < 1.29 is 0 Å². The minimum atomic E-state index is -0.0918. The van der Waals surface area contributed by atoms with E-state index in [-0.39, 0.29) is 11.6 Å². The first-order valence-electron chi connectivity index (χ1n) is 8.29. The van der Waals surface area contributed by atoms with Crippen molar-refractivity contribution in [1.82, 2.24) is 14.9 Å². The van der Waals surface area contributed by atoms with E-state index in [0.717, 1.165) is 30.5 Å². The van der Waals surface area contributed by atoms with E-state index < -0.39 is 0 Å². The number of rotatable bonds is 3. The number of hydrogen-bond acceptors (Lipinski definition) is 3. The maximum Gasteiger partial charge on any atom is 0.258 e. The molecule has 3 aromatic rings. The SMILES string of the molecule is O=c1[nH]c(CN2CCCC2c2ccc(Cl)c(Cl)c2)nc2ccccc12. The van der Waals surface area contributed by atoms with Crippen LogP contribution < -0.4 is 5.56 Å². The molecule has 0 amide bonds. The van der Waals surface area contributed by atoms with E-state index in [1.54, 1.807) is 6.07 Å². The van der Waals surface area contributed by atoms with Crippen LogP contribution in [0.1, 0.15) is 30.3 Å². The summed E-state index contributed by atoms with van der Waals surface area (Å²) in [7, 11) is 0. The van der Waals surface area contributed by atoms with Gasteiger partial charge in [-0.3, -0.25) is 9.69 Å². The molecule has 1 aromatic heterocycles. The van der Waals surface area contributed by atoms with E-state index in [0.29, 0.717) is 27.8 Å². The fourth-order valence-corrected chi connectivity index (χ4v) is 3.82. The number of H-pyrrole nitrogens is 1. The van der Waals surface area contributed by atoms with Crippen molar-refractivity contribution in [2.24, 2.45) is 0 Å². The van der Waals surface area contributed by atoms with Gasteiger partial charge in [0.05, 0.1) is 27.5 Å². The molecule has 2 heterocycles. The molecule has 0 saturated carbocycles. The number of para-hydroxylation sites is 1. The maximum absolute atomic E-state index is 12.3. The lowest BCUT2D eigenvalue weighted by molar-refractivity contribution is 0.242. The molecule has 0 bridgehead atoms. The third kappa shape index (κ3) is 3.30. The third-order valence-electron chi connectivity index (χ3n) is 4.71. The predicted molar refractivity (Wildman–Crippen MR) is 101 cm³/mol. The van der Waals surface area contributed by atoms with Crippen molar-refractivity contribution in [3.63, 3.8) is 0 Å². The van der Waals surface area contributed by atoms with Gasteiger partial charge in [0.2, 0.25) is 0 Å². The normalized spacial score (nSPS) is 18.1. The van der Waals surface area contributed by atoms with E-state index in [9.17, 15) is 4.79 Å². The van der Waals surface area contributed by atoms with Crippen LogP contribution in [0.25, 0.3) is 10.9 Å². The van der Waals surface area contributed by atoms with Gasteiger partial charge in [0.15, 0.2) is 0 Å². The second-order valence-corrected chi connectivity index (χ2v) is 7.15. The zero-order valence-corrected chi connectivity index (χ0v) is 15.0. The van der Waals surface area contributed by atoms with E-state index in [2.05, 4.69) is 14.9 Å². The average molecular weight is 374 g/mol. The van der Waals surface area contributed by atoms with Gasteiger partial charge >= 0.3 is 0 Å². The van der Waals surface area contributed by atoms with Gasteiger partial charge in [-0.05, 0) is 49.2 Å². The largest absolute Gasteiger partial charge is 0.309 e. The molecule has 1 atom stereocenters. The smallest absolute Gasteiger partial charge is 0.258 e. The predicted octanol–water partition coefficient (Wildman–Crippen LogP) is 4.57. The molecule has 1 aliphatic heterocycles. The van der Waals surface area contributed by atoms with E-state index in [1.165, 1.54) is 0 Å². The molecule has 1 fully saturated rings. The van der Waals surface area contributed by atoms with Crippen molar-refractivity contribution in [3.8, 4) is 0 Å². The standard InChI is InChI=1S/C19H17Cl2N3O/c20-14-8-7-12(10-15(14)21)17-6-3-9-24(17)11-18-22-16-5-2-1-4-13(16)19(25)23-18/h1-2,4-5,7-8,10,17H,3,6,9,11H2,(H,22,23,25). The van der Waals surface area contributed by atoms with Crippen LogP contribution in [-0.4, -0.2) is 21.4 Å². The fourth-order valence-electron chi connectivity index (χ4n) is 3.51. The quantitative estimate of drug-likeness (QED) is 0.731. The Morgan fingerprint density at radius 3 is 2.84 bits per heavy atom. The number of halogens is 2. The Bertz CT molecular complexity index is 986. The summed E-state index contributed by atoms with van der Waals surface area (Å²) in [5, 5.41) is 1.76. The van der Waals surface area contributed by atoms with Gasteiger partial charge < -0.3 is 4.98 Å². The Hall–Kier alpha value is -1.88. The highest BCUT2D eigenvalue weighted by molar-refractivity contribution is 6.42. The van der Waals surface area contributed by atoms with Gasteiger partial charge in [0.1, 0.15) is 5.82 Å². The summed E-state index contributed by atoms with van der Waals surface area (Å²) in [4.78, 5) is 22.1. The number of nitrogens with zero attached hydrogens (tertiary/aromatic N) is 2. The van der Waals surface area contributed by atoms with E-state index in [1.807, 2.05) is 36.4 Å². The van der Waals surface area contributed by atoms with Crippen LogP contribution in [0.2, 0.25) is 10.0 Å². The first-order valence-corrected chi connectivity index (χ1v) is 9.04. The summed E-state index contributed by atoms with van der Waals surface area (Å²) in [6.07, 6.45) is 2.15. The zero-order chi connectivity index (χ0) is 17.4. The van der Waals surface area contributed by atoms with Crippen LogP contribution >= 0.6 is 23.2 Å². The number of hydrogen-bond donors (Lipinski definition) is 1. The average Bonchev–Trinajstić information content (AvgIpc) is 3.05. The van der Waals surface area contributed by atoms with Crippen molar-refractivity contribution in [3.05, 3.63) is 74.3 Å². The van der Waals surface area contributed by atoms with E-state index >= 15 is 0 Å². The molecule has 25 heavy (non-hydrogen) atoms. The molecule has 1 aliphatic rings. The highest BCUT2D eigenvalue weighted by Gasteiger charge is 2.27. The summed E-state index contributed by atoms with van der Waals surface area (Å²) in [6.45, 7) is 1.56. The molecule has 1 N–H and O–H groups in total. The summed E-state index contributed by atoms with van der Waals surface area (Å²) in [6, 6.07) is 13.5. The minimum absolute atomic E-state index is 0.0918. The van der Waals surface area contributed by atoms with Crippen LogP contribution in [0.4, 0.5) is 0 Å². The number of nitrogens with one attached hydrogen (secondary N) is 1.